The summed E-state index contributed by atoms with van der Waals surface area (Å²) in [6.45, 7) is -0.480. The third-order valence-corrected chi connectivity index (χ3v) is 1.63. The molecule has 15 heavy (non-hydrogen) atoms. The van der Waals surface area contributed by atoms with Crippen LogP contribution in [0, 0.1) is 12.3 Å². The minimum absolute atomic E-state index is 0.0514. The average Bonchev–Trinajstić information content (AvgIpc) is 2.68. The maximum atomic E-state index is 11.6. The first-order chi connectivity index (χ1) is 7.15. The van der Waals surface area contributed by atoms with Gasteiger partial charge in [0.05, 0.1) is 6.54 Å². The lowest BCUT2D eigenvalue weighted by atomic mass is 10.3. The van der Waals surface area contributed by atoms with Crippen molar-refractivity contribution in [1.82, 2.24) is 15.1 Å². The van der Waals surface area contributed by atoms with Crippen molar-refractivity contribution in [1.29, 1.82) is 0 Å². The van der Waals surface area contributed by atoms with E-state index in [-0.39, 0.29) is 12.2 Å². The van der Waals surface area contributed by atoms with Gasteiger partial charge in [-0.2, -0.15) is 5.10 Å². The van der Waals surface area contributed by atoms with Crippen LogP contribution in [0.4, 0.5) is 0 Å². The Kier molecular flexibility index (Phi) is 3.46. The van der Waals surface area contributed by atoms with Gasteiger partial charge in [-0.3, -0.25) is 14.7 Å². The molecule has 6 nitrogen and oxygen atoms in total. The van der Waals surface area contributed by atoms with Crippen LogP contribution < -0.4 is 0 Å². The van der Waals surface area contributed by atoms with E-state index in [0.717, 1.165) is 4.90 Å². The van der Waals surface area contributed by atoms with Gasteiger partial charge in [-0.25, -0.2) is 0 Å². The first-order valence-corrected chi connectivity index (χ1v) is 4.09. The van der Waals surface area contributed by atoms with E-state index in [0.29, 0.717) is 0 Å². The molecule has 0 unspecified atom stereocenters. The molecule has 0 aliphatic carbocycles. The van der Waals surface area contributed by atoms with Gasteiger partial charge >= 0.3 is 5.97 Å². The lowest BCUT2D eigenvalue weighted by Gasteiger charge is -2.16. The fourth-order valence-corrected chi connectivity index (χ4v) is 1.02. The Hall–Kier alpha value is -2.29. The van der Waals surface area contributed by atoms with Crippen molar-refractivity contribution in [2.75, 3.05) is 13.1 Å². The molecular weight excluding hydrogens is 198 g/mol. The molecule has 0 bridgehead atoms. The second kappa shape index (κ2) is 4.81. The number of rotatable bonds is 4. The van der Waals surface area contributed by atoms with Crippen molar-refractivity contribution < 1.29 is 14.7 Å². The topological polar surface area (TPSA) is 86.3 Å². The van der Waals surface area contributed by atoms with Gasteiger partial charge < -0.3 is 10.0 Å². The van der Waals surface area contributed by atoms with Gasteiger partial charge in [0.2, 0.25) is 0 Å². The molecule has 0 saturated carbocycles. The number of carboxylic acids is 1. The molecule has 6 heteroatoms. The van der Waals surface area contributed by atoms with Crippen molar-refractivity contribution in [2.45, 2.75) is 0 Å². The predicted molar refractivity (Wildman–Crippen MR) is 51.0 cm³/mol. The standard InChI is InChI=1S/C9H9N3O3/c1-2-5-12(6-8(13)14)9(15)7-3-4-10-11-7/h1,3-4H,5-6H2,(H,10,11)(H,13,14). The third kappa shape index (κ3) is 2.84. The van der Waals surface area contributed by atoms with Crippen molar-refractivity contribution >= 4 is 11.9 Å². The number of hydrogen-bond donors (Lipinski definition) is 2. The minimum Gasteiger partial charge on any atom is -0.480 e. The van der Waals surface area contributed by atoms with Crippen molar-refractivity contribution in [2.24, 2.45) is 0 Å². The van der Waals surface area contributed by atoms with E-state index in [4.69, 9.17) is 11.5 Å². The molecular formula is C9H9N3O3. The summed E-state index contributed by atoms with van der Waals surface area (Å²) in [5.74, 6) is 0.632. The molecule has 0 aliphatic heterocycles. The fourth-order valence-electron chi connectivity index (χ4n) is 1.02. The van der Waals surface area contributed by atoms with Gasteiger partial charge in [-0.1, -0.05) is 5.92 Å². The zero-order chi connectivity index (χ0) is 11.3. The van der Waals surface area contributed by atoms with E-state index in [2.05, 4.69) is 16.1 Å². The van der Waals surface area contributed by atoms with Crippen LogP contribution in [0.3, 0.4) is 0 Å². The lowest BCUT2D eigenvalue weighted by Crippen LogP contribution is -2.36. The number of carbonyl (C=O) groups excluding carboxylic acids is 1. The molecule has 0 saturated heterocycles. The molecule has 0 spiro atoms. The number of hydrogen-bond acceptors (Lipinski definition) is 3. The molecule has 78 valence electrons. The third-order valence-electron chi connectivity index (χ3n) is 1.63. The average molecular weight is 207 g/mol. The Morgan fingerprint density at radius 2 is 2.40 bits per heavy atom. The zero-order valence-electron chi connectivity index (χ0n) is 7.80. The predicted octanol–water partition coefficient (Wildman–Crippen LogP) is -0.430. The molecule has 1 heterocycles. The molecule has 2 N–H and O–H groups in total. The van der Waals surface area contributed by atoms with E-state index < -0.39 is 18.4 Å². The number of aromatic amines is 1. The highest BCUT2D eigenvalue weighted by atomic mass is 16.4. The lowest BCUT2D eigenvalue weighted by molar-refractivity contribution is -0.137. The Morgan fingerprint density at radius 1 is 1.67 bits per heavy atom. The second-order valence-electron chi connectivity index (χ2n) is 2.73. The SMILES string of the molecule is C#CCN(CC(=O)O)C(=O)c1ccn[nH]1. The summed E-state index contributed by atoms with van der Waals surface area (Å²) in [5.41, 5.74) is 0.214. The second-order valence-corrected chi connectivity index (χ2v) is 2.73. The van der Waals surface area contributed by atoms with Crippen molar-refractivity contribution in [3.8, 4) is 12.3 Å². The number of aromatic nitrogens is 2. The summed E-state index contributed by atoms with van der Waals surface area (Å²) in [6.07, 6.45) is 6.44. The Bertz CT molecular complexity index is 391. The number of terminal acetylenes is 1. The number of nitrogens with zero attached hydrogens (tertiary/aromatic N) is 2. The molecule has 0 aliphatic rings. The number of aliphatic carboxylic acids is 1. The highest BCUT2D eigenvalue weighted by Crippen LogP contribution is 1.99. The van der Waals surface area contributed by atoms with Crippen LogP contribution in [0.15, 0.2) is 12.3 Å². The Labute approximate surface area is 85.9 Å². The smallest absolute Gasteiger partial charge is 0.323 e. The molecule has 1 amide bonds. The molecule has 0 aromatic carbocycles. The van der Waals surface area contributed by atoms with Crippen LogP contribution in [0.1, 0.15) is 10.5 Å². The van der Waals surface area contributed by atoms with Gasteiger partial charge in [0.25, 0.3) is 5.91 Å². The summed E-state index contributed by atoms with van der Waals surface area (Å²) in [5, 5.41) is 14.6. The Morgan fingerprint density at radius 3 is 2.87 bits per heavy atom. The number of amides is 1. The van der Waals surface area contributed by atoms with E-state index >= 15 is 0 Å². The summed E-state index contributed by atoms with van der Waals surface area (Å²) < 4.78 is 0. The van der Waals surface area contributed by atoms with E-state index in [1.165, 1.54) is 12.3 Å². The first-order valence-electron chi connectivity index (χ1n) is 4.09. The minimum atomic E-state index is -1.11. The van der Waals surface area contributed by atoms with Gasteiger partial charge in [0.1, 0.15) is 12.2 Å². The molecule has 0 radical (unpaired) electrons. The summed E-state index contributed by atoms with van der Waals surface area (Å²) in [4.78, 5) is 23.1. The Balaban J connectivity index is 2.76. The number of nitrogens with one attached hydrogen (secondary N) is 1. The van der Waals surface area contributed by atoms with Crippen LogP contribution in [-0.4, -0.2) is 45.2 Å². The number of H-pyrrole nitrogens is 1. The van der Waals surface area contributed by atoms with Crippen molar-refractivity contribution in [3.05, 3.63) is 18.0 Å². The number of carbonyl (C=O) groups is 2. The largest absolute Gasteiger partial charge is 0.480 e. The van der Waals surface area contributed by atoms with Gasteiger partial charge in [-0.05, 0) is 6.07 Å². The quantitative estimate of drug-likeness (QED) is 0.656. The van der Waals surface area contributed by atoms with Crippen LogP contribution in [-0.2, 0) is 4.79 Å². The summed E-state index contributed by atoms with van der Waals surface area (Å²) in [7, 11) is 0. The van der Waals surface area contributed by atoms with Crippen LogP contribution in [0.2, 0.25) is 0 Å². The van der Waals surface area contributed by atoms with Gasteiger partial charge in [0.15, 0.2) is 0 Å². The van der Waals surface area contributed by atoms with E-state index in [1.807, 2.05) is 0 Å². The molecule has 1 aromatic heterocycles. The van der Waals surface area contributed by atoms with E-state index in [9.17, 15) is 9.59 Å². The fraction of sp³-hybridized carbons (Fsp3) is 0.222. The number of carboxylic acid groups (broad SMARTS) is 1. The zero-order valence-corrected chi connectivity index (χ0v) is 7.80. The highest BCUT2D eigenvalue weighted by Gasteiger charge is 2.18. The van der Waals surface area contributed by atoms with Crippen LogP contribution in [0.25, 0.3) is 0 Å². The van der Waals surface area contributed by atoms with Crippen molar-refractivity contribution in [3.63, 3.8) is 0 Å². The monoisotopic (exact) mass is 207 g/mol. The molecule has 0 fully saturated rings. The molecule has 0 atom stereocenters. The highest BCUT2D eigenvalue weighted by molar-refractivity contribution is 5.94. The maximum absolute atomic E-state index is 11.6. The maximum Gasteiger partial charge on any atom is 0.323 e. The van der Waals surface area contributed by atoms with Crippen LogP contribution in [0.5, 0.6) is 0 Å². The summed E-state index contributed by atoms with van der Waals surface area (Å²) in [6, 6.07) is 1.45. The normalized spacial score (nSPS) is 9.27. The van der Waals surface area contributed by atoms with Gasteiger partial charge in [-0.15, -0.1) is 6.42 Å². The molecule has 1 rings (SSSR count). The van der Waals surface area contributed by atoms with Gasteiger partial charge in [0, 0.05) is 6.20 Å². The van der Waals surface area contributed by atoms with E-state index in [1.54, 1.807) is 0 Å². The molecule has 1 aromatic rings. The first kappa shape index (κ1) is 10.8. The van der Waals surface area contributed by atoms with Crippen LogP contribution >= 0.6 is 0 Å². The summed E-state index contributed by atoms with van der Waals surface area (Å²) >= 11 is 0.